The first-order chi connectivity index (χ1) is 14.6. The van der Waals surface area contributed by atoms with Crippen LogP contribution in [-0.4, -0.2) is 9.55 Å². The average Bonchev–Trinajstić information content (AvgIpc) is 3.40. The van der Waals surface area contributed by atoms with Crippen molar-refractivity contribution < 1.29 is 0 Å². The Bertz CT molecular complexity index is 1220. The van der Waals surface area contributed by atoms with Crippen molar-refractivity contribution in [1.29, 1.82) is 0 Å². The summed E-state index contributed by atoms with van der Waals surface area (Å²) in [6.45, 7) is 2.02. The van der Waals surface area contributed by atoms with Crippen LogP contribution < -0.4 is 10.6 Å². The molecule has 1 aliphatic heterocycles. The molecule has 0 spiro atoms. The highest BCUT2D eigenvalue weighted by atomic mass is 32.1. The molecule has 4 nitrogen and oxygen atoms in total. The topological polar surface area (TPSA) is 47.1 Å². The number of thiophene rings is 1. The molecule has 0 aliphatic carbocycles. The van der Waals surface area contributed by atoms with E-state index in [0.717, 1.165) is 34.8 Å². The second kappa shape index (κ2) is 7.59. The van der Waals surface area contributed by atoms with Crippen LogP contribution in [0.1, 0.15) is 28.0 Å². The maximum absolute atomic E-state index is 6.75. The Labute approximate surface area is 180 Å². The van der Waals surface area contributed by atoms with Gasteiger partial charge in [0.1, 0.15) is 12.0 Å². The third kappa shape index (κ3) is 3.26. The van der Waals surface area contributed by atoms with E-state index >= 15 is 0 Å². The second-order valence-electron chi connectivity index (χ2n) is 7.65. The minimum absolute atomic E-state index is 0.225. The van der Waals surface area contributed by atoms with Crippen molar-refractivity contribution in [3.05, 3.63) is 100 Å². The first-order valence-corrected chi connectivity index (χ1v) is 10.9. The van der Waals surface area contributed by atoms with E-state index < -0.39 is 0 Å². The Morgan fingerprint density at radius 3 is 2.70 bits per heavy atom. The zero-order valence-electron chi connectivity index (χ0n) is 17.1. The van der Waals surface area contributed by atoms with Crippen LogP contribution in [0.2, 0.25) is 0 Å². The Kier molecular flexibility index (Phi) is 4.77. The summed E-state index contributed by atoms with van der Waals surface area (Å²) in [6, 6.07) is 21.3. The van der Waals surface area contributed by atoms with E-state index in [2.05, 4.69) is 86.7 Å². The van der Waals surface area contributed by atoms with Crippen molar-refractivity contribution in [2.45, 2.75) is 19.5 Å². The zero-order valence-corrected chi connectivity index (χ0v) is 17.9. The van der Waals surface area contributed by atoms with E-state index in [-0.39, 0.29) is 6.17 Å². The molecule has 0 saturated heterocycles. The van der Waals surface area contributed by atoms with Gasteiger partial charge in [-0.25, -0.2) is 4.98 Å². The molecule has 0 bridgehead atoms. The van der Waals surface area contributed by atoms with E-state index in [4.69, 9.17) is 5.73 Å². The number of fused-ring (bicyclic) bond motifs is 1. The summed E-state index contributed by atoms with van der Waals surface area (Å²) in [5.74, 6) is 0.997. The molecule has 0 fully saturated rings. The summed E-state index contributed by atoms with van der Waals surface area (Å²) < 4.78 is 2.11. The predicted molar refractivity (Wildman–Crippen MR) is 125 cm³/mol. The number of anilines is 1. The van der Waals surface area contributed by atoms with Gasteiger partial charge in [-0.15, -0.1) is 11.3 Å². The summed E-state index contributed by atoms with van der Waals surface area (Å²) >= 11 is 1.79. The van der Waals surface area contributed by atoms with Crippen LogP contribution in [0.4, 0.5) is 5.69 Å². The summed E-state index contributed by atoms with van der Waals surface area (Å²) in [4.78, 5) is 7.99. The monoisotopic (exact) mass is 412 g/mol. The minimum Gasteiger partial charge on any atom is -0.331 e. The zero-order chi connectivity index (χ0) is 20.7. The molecule has 4 aromatic rings. The van der Waals surface area contributed by atoms with Crippen molar-refractivity contribution in [1.82, 2.24) is 9.55 Å². The van der Waals surface area contributed by atoms with E-state index in [1.54, 1.807) is 11.3 Å². The van der Waals surface area contributed by atoms with Gasteiger partial charge in [0, 0.05) is 35.8 Å². The normalized spacial score (nSPS) is 15.8. The largest absolute Gasteiger partial charge is 0.331 e. The lowest BCUT2D eigenvalue weighted by Gasteiger charge is -2.35. The fourth-order valence-electron chi connectivity index (χ4n) is 4.09. The molecule has 5 rings (SSSR count). The lowest BCUT2D eigenvalue weighted by atomic mass is 9.92. The van der Waals surface area contributed by atoms with Crippen molar-refractivity contribution in [3.8, 4) is 11.3 Å². The highest BCUT2D eigenvalue weighted by Crippen LogP contribution is 2.38. The van der Waals surface area contributed by atoms with Gasteiger partial charge in [-0.05, 0) is 47.2 Å². The number of hydrogen-bond acceptors (Lipinski definition) is 4. The summed E-state index contributed by atoms with van der Waals surface area (Å²) in [6.07, 6.45) is 4.83. The number of aromatic nitrogens is 2. The van der Waals surface area contributed by atoms with Gasteiger partial charge < -0.3 is 15.2 Å². The van der Waals surface area contributed by atoms with Crippen molar-refractivity contribution in [2.24, 2.45) is 12.8 Å². The van der Waals surface area contributed by atoms with Crippen LogP contribution >= 0.6 is 11.3 Å². The molecule has 0 amide bonds. The van der Waals surface area contributed by atoms with Crippen LogP contribution in [0.5, 0.6) is 0 Å². The van der Waals surface area contributed by atoms with E-state index in [0.29, 0.717) is 0 Å². The molecule has 150 valence electrons. The molecular weight excluding hydrogens is 388 g/mol. The molecule has 0 radical (unpaired) electrons. The van der Waals surface area contributed by atoms with Gasteiger partial charge in [-0.2, -0.15) is 0 Å². The van der Waals surface area contributed by atoms with Gasteiger partial charge in [-0.1, -0.05) is 42.5 Å². The third-order valence-electron chi connectivity index (χ3n) is 5.83. The fourth-order valence-corrected chi connectivity index (χ4v) is 4.82. The molecule has 1 atom stereocenters. The molecule has 2 aromatic carbocycles. The maximum atomic E-state index is 6.75. The van der Waals surface area contributed by atoms with Crippen LogP contribution in [0, 0.1) is 6.92 Å². The third-order valence-corrected chi connectivity index (χ3v) is 6.70. The van der Waals surface area contributed by atoms with Gasteiger partial charge in [-0.3, -0.25) is 0 Å². The highest BCUT2D eigenvalue weighted by Gasteiger charge is 2.25. The second-order valence-corrected chi connectivity index (χ2v) is 8.68. The van der Waals surface area contributed by atoms with Crippen LogP contribution in [0.25, 0.3) is 16.8 Å². The highest BCUT2D eigenvalue weighted by molar-refractivity contribution is 7.10. The van der Waals surface area contributed by atoms with Gasteiger partial charge in [0.15, 0.2) is 0 Å². The number of nitrogens with two attached hydrogens (primary N) is 1. The molecule has 0 saturated carbocycles. The van der Waals surface area contributed by atoms with Crippen molar-refractivity contribution in [2.75, 3.05) is 4.90 Å². The molecular formula is C25H24N4S. The number of allylic oxidation sites excluding steroid dienone is 1. The fraction of sp³-hybridized carbons (Fsp3) is 0.160. The molecule has 3 heterocycles. The first-order valence-electron chi connectivity index (χ1n) is 10.1. The number of rotatable bonds is 4. The van der Waals surface area contributed by atoms with Gasteiger partial charge in [0.2, 0.25) is 0 Å². The molecule has 5 heteroatoms. The van der Waals surface area contributed by atoms with E-state index in [9.17, 15) is 0 Å². The lowest BCUT2D eigenvalue weighted by molar-refractivity contribution is 0.717. The number of aryl methyl sites for hydroxylation is 1. The predicted octanol–water partition coefficient (Wildman–Crippen LogP) is 5.52. The number of benzene rings is 2. The Hall–Kier alpha value is -3.15. The molecule has 30 heavy (non-hydrogen) atoms. The van der Waals surface area contributed by atoms with Crippen molar-refractivity contribution in [3.63, 3.8) is 0 Å². The molecule has 1 unspecified atom stereocenters. The van der Waals surface area contributed by atoms with Gasteiger partial charge in [0.25, 0.3) is 0 Å². The molecule has 2 aromatic heterocycles. The van der Waals surface area contributed by atoms with Crippen molar-refractivity contribution >= 4 is 22.6 Å². The minimum atomic E-state index is -0.225. The summed E-state index contributed by atoms with van der Waals surface area (Å²) in [7, 11) is 2.05. The van der Waals surface area contributed by atoms with Gasteiger partial charge in [0.05, 0.1) is 11.9 Å². The molecule has 1 aliphatic rings. The number of hydrogen-bond donors (Lipinski definition) is 1. The average molecular weight is 413 g/mol. The molecule has 2 N–H and O–H groups in total. The Morgan fingerprint density at radius 1 is 1.07 bits per heavy atom. The lowest BCUT2D eigenvalue weighted by Crippen LogP contribution is -2.34. The maximum Gasteiger partial charge on any atom is 0.108 e. The van der Waals surface area contributed by atoms with Crippen LogP contribution in [0.3, 0.4) is 0 Å². The van der Waals surface area contributed by atoms with Crippen LogP contribution in [0.15, 0.2) is 78.4 Å². The summed E-state index contributed by atoms with van der Waals surface area (Å²) in [5, 5.41) is 2.13. The van der Waals surface area contributed by atoms with E-state index in [1.807, 2.05) is 20.2 Å². The van der Waals surface area contributed by atoms with Gasteiger partial charge >= 0.3 is 0 Å². The number of nitrogens with zero attached hydrogens (tertiary/aromatic N) is 3. The summed E-state index contributed by atoms with van der Waals surface area (Å²) in [5.41, 5.74) is 13.8. The standard InChI is InChI=1S/C25H24N4S/c1-17-27-15-24(28(17)2)18-7-5-8-20(13-18)29-16-19(14-21-9-6-12-30-21)22-10-3-4-11-23(22)25(29)26/h3-13,15-16,25H,14,26H2,1-2H3. The Balaban J connectivity index is 1.58. The van der Waals surface area contributed by atoms with Crippen LogP contribution in [-0.2, 0) is 13.5 Å². The quantitative estimate of drug-likeness (QED) is 0.480. The first kappa shape index (κ1) is 18.9. The smallest absolute Gasteiger partial charge is 0.108 e. The Morgan fingerprint density at radius 2 is 1.93 bits per heavy atom. The SMILES string of the molecule is Cc1ncc(-c2cccc(N3C=C(Cc4cccs4)c4ccccc4C3N)c2)n1C. The van der Waals surface area contributed by atoms with E-state index in [1.165, 1.54) is 16.0 Å². The number of imidazole rings is 1.